The first-order chi connectivity index (χ1) is 14.2. The van der Waals surface area contributed by atoms with E-state index in [0.29, 0.717) is 42.6 Å². The molecule has 30 heavy (non-hydrogen) atoms. The Morgan fingerprint density at radius 3 is 2.47 bits per heavy atom. The summed E-state index contributed by atoms with van der Waals surface area (Å²) >= 11 is 6.15. The number of halogens is 1. The molecule has 1 fully saturated rings. The second-order valence-corrected chi connectivity index (χ2v) is 9.95. The van der Waals surface area contributed by atoms with Crippen molar-refractivity contribution in [1.29, 1.82) is 0 Å². The van der Waals surface area contributed by atoms with Crippen LogP contribution in [0.15, 0.2) is 42.5 Å². The minimum absolute atomic E-state index is 0.0255. The number of piperazine rings is 1. The van der Waals surface area contributed by atoms with Crippen LogP contribution in [0.3, 0.4) is 0 Å². The molecular weight excluding hydrogens is 426 g/mol. The molecule has 4 rings (SSSR count). The van der Waals surface area contributed by atoms with E-state index in [4.69, 9.17) is 16.3 Å². The van der Waals surface area contributed by atoms with Gasteiger partial charge in [0.2, 0.25) is 10.0 Å². The Bertz CT molecular complexity index is 1070. The maximum atomic E-state index is 13.1. The average molecular weight is 450 g/mol. The second kappa shape index (κ2) is 8.00. The van der Waals surface area contributed by atoms with Gasteiger partial charge in [0, 0.05) is 36.9 Å². The van der Waals surface area contributed by atoms with Crippen molar-refractivity contribution in [2.24, 2.45) is 0 Å². The van der Waals surface area contributed by atoms with Crippen LogP contribution in [0.1, 0.15) is 5.56 Å². The zero-order valence-corrected chi connectivity index (χ0v) is 18.5. The van der Waals surface area contributed by atoms with Crippen LogP contribution in [-0.2, 0) is 14.8 Å². The highest BCUT2D eigenvalue weighted by atomic mass is 35.5. The molecule has 2 aromatic rings. The molecule has 0 spiro atoms. The van der Waals surface area contributed by atoms with Gasteiger partial charge in [0.1, 0.15) is 5.75 Å². The van der Waals surface area contributed by atoms with E-state index in [0.717, 1.165) is 17.5 Å². The minimum Gasteiger partial charge on any atom is -0.476 e. The van der Waals surface area contributed by atoms with Crippen LogP contribution < -0.4 is 13.9 Å². The third-order valence-electron chi connectivity index (χ3n) is 5.51. The number of hydrogen-bond acceptors (Lipinski definition) is 5. The highest BCUT2D eigenvalue weighted by Gasteiger charge is 2.37. The summed E-state index contributed by atoms with van der Waals surface area (Å²) in [5, 5.41) is 0.684. The SMILES string of the molecule is Cc1ccc(Cl)cc1N1CCN(C(=O)[C@@H]2CN(S(C)(=O)=O)c3ccccc3O2)CC1. The van der Waals surface area contributed by atoms with Crippen LogP contribution in [0.2, 0.25) is 5.02 Å². The minimum atomic E-state index is -3.53. The van der Waals surface area contributed by atoms with Gasteiger partial charge in [-0.3, -0.25) is 9.10 Å². The Labute approximate surface area is 181 Å². The number of ether oxygens (including phenoxy) is 1. The van der Waals surface area contributed by atoms with Gasteiger partial charge in [0.25, 0.3) is 5.91 Å². The molecule has 2 aromatic carbocycles. The van der Waals surface area contributed by atoms with E-state index < -0.39 is 16.1 Å². The molecule has 0 saturated carbocycles. The fourth-order valence-corrected chi connectivity index (χ4v) is 5.02. The summed E-state index contributed by atoms with van der Waals surface area (Å²) in [6.07, 6.45) is 0.275. The zero-order chi connectivity index (χ0) is 21.5. The number of para-hydroxylation sites is 2. The molecule has 0 aliphatic carbocycles. The van der Waals surface area contributed by atoms with Crippen molar-refractivity contribution >= 4 is 38.9 Å². The number of nitrogens with zero attached hydrogens (tertiary/aromatic N) is 3. The second-order valence-electron chi connectivity index (χ2n) is 7.61. The molecular formula is C21H24ClN3O4S. The van der Waals surface area contributed by atoms with E-state index in [-0.39, 0.29) is 12.5 Å². The molecule has 160 valence electrons. The monoisotopic (exact) mass is 449 g/mol. The number of fused-ring (bicyclic) bond motifs is 1. The summed E-state index contributed by atoms with van der Waals surface area (Å²) in [6.45, 7) is 4.42. The molecule has 2 aliphatic heterocycles. The van der Waals surface area contributed by atoms with Gasteiger partial charge in [0.15, 0.2) is 6.10 Å². The number of benzene rings is 2. The van der Waals surface area contributed by atoms with Crippen LogP contribution in [0, 0.1) is 6.92 Å². The molecule has 1 saturated heterocycles. The van der Waals surface area contributed by atoms with Crippen LogP contribution in [0.4, 0.5) is 11.4 Å². The van der Waals surface area contributed by atoms with Crippen molar-refractivity contribution in [3.8, 4) is 5.75 Å². The summed E-state index contributed by atoms with van der Waals surface area (Å²) in [6, 6.07) is 12.7. The molecule has 7 nitrogen and oxygen atoms in total. The largest absolute Gasteiger partial charge is 0.476 e. The summed E-state index contributed by atoms with van der Waals surface area (Å²) in [5.41, 5.74) is 2.67. The molecule has 9 heteroatoms. The molecule has 0 aromatic heterocycles. The molecule has 2 heterocycles. The van der Waals surface area contributed by atoms with Gasteiger partial charge < -0.3 is 14.5 Å². The fraction of sp³-hybridized carbons (Fsp3) is 0.381. The van der Waals surface area contributed by atoms with E-state index in [1.54, 1.807) is 29.2 Å². The lowest BCUT2D eigenvalue weighted by molar-refractivity contribution is -0.138. The number of rotatable bonds is 3. The first kappa shape index (κ1) is 20.8. The third-order valence-corrected chi connectivity index (χ3v) is 6.90. The first-order valence-corrected chi connectivity index (χ1v) is 12.0. The number of amides is 1. The Balaban J connectivity index is 1.48. The van der Waals surface area contributed by atoms with Gasteiger partial charge in [-0.15, -0.1) is 0 Å². The van der Waals surface area contributed by atoms with Crippen LogP contribution in [-0.4, -0.2) is 64.3 Å². The third kappa shape index (κ3) is 4.06. The smallest absolute Gasteiger partial charge is 0.265 e. The van der Waals surface area contributed by atoms with Crippen LogP contribution in [0.25, 0.3) is 0 Å². The first-order valence-electron chi connectivity index (χ1n) is 9.77. The van der Waals surface area contributed by atoms with Crippen molar-refractivity contribution in [2.45, 2.75) is 13.0 Å². The van der Waals surface area contributed by atoms with Gasteiger partial charge in [-0.2, -0.15) is 0 Å². The molecule has 1 atom stereocenters. The lowest BCUT2D eigenvalue weighted by Crippen LogP contribution is -2.56. The van der Waals surface area contributed by atoms with Gasteiger partial charge in [-0.1, -0.05) is 29.8 Å². The number of sulfonamides is 1. The predicted molar refractivity (Wildman–Crippen MR) is 118 cm³/mol. The maximum Gasteiger partial charge on any atom is 0.265 e. The van der Waals surface area contributed by atoms with Crippen molar-refractivity contribution in [3.05, 3.63) is 53.1 Å². The van der Waals surface area contributed by atoms with Crippen LogP contribution in [0.5, 0.6) is 5.75 Å². The van der Waals surface area contributed by atoms with E-state index in [9.17, 15) is 13.2 Å². The quantitative estimate of drug-likeness (QED) is 0.720. The van der Waals surface area contributed by atoms with E-state index in [2.05, 4.69) is 4.90 Å². The summed E-state index contributed by atoms with van der Waals surface area (Å²) in [5.74, 6) is 0.210. The zero-order valence-electron chi connectivity index (χ0n) is 16.9. The van der Waals surface area contributed by atoms with E-state index in [1.807, 2.05) is 25.1 Å². The standard InChI is InChI=1S/C21H24ClN3O4S/c1-15-7-8-16(22)13-18(15)23-9-11-24(12-10-23)21(26)20-14-25(30(2,27)28)17-5-3-4-6-19(17)29-20/h3-8,13,20H,9-12,14H2,1-2H3/t20-/m0/s1. The average Bonchev–Trinajstić information content (AvgIpc) is 2.73. The Morgan fingerprint density at radius 2 is 1.77 bits per heavy atom. The Morgan fingerprint density at radius 1 is 1.07 bits per heavy atom. The van der Waals surface area contributed by atoms with Crippen molar-refractivity contribution in [2.75, 3.05) is 48.2 Å². The topological polar surface area (TPSA) is 70.2 Å². The summed E-state index contributed by atoms with van der Waals surface area (Å²) in [4.78, 5) is 17.1. The molecule has 0 bridgehead atoms. The predicted octanol–water partition coefficient (Wildman–Crippen LogP) is 2.52. The highest BCUT2D eigenvalue weighted by Crippen LogP contribution is 2.35. The van der Waals surface area contributed by atoms with E-state index >= 15 is 0 Å². The molecule has 0 unspecified atom stereocenters. The number of anilines is 2. The van der Waals surface area contributed by atoms with E-state index in [1.165, 1.54) is 4.31 Å². The van der Waals surface area contributed by atoms with Gasteiger partial charge in [0.05, 0.1) is 18.5 Å². The number of aryl methyl sites for hydroxylation is 1. The maximum absolute atomic E-state index is 13.1. The normalized spacial score (nSPS) is 19.3. The molecule has 0 N–H and O–H groups in total. The van der Waals surface area contributed by atoms with Crippen molar-refractivity contribution in [1.82, 2.24) is 4.90 Å². The number of hydrogen-bond donors (Lipinski definition) is 0. The Hall–Kier alpha value is -2.45. The molecule has 1 amide bonds. The Kier molecular flexibility index (Phi) is 5.55. The highest BCUT2D eigenvalue weighted by molar-refractivity contribution is 7.92. The van der Waals surface area contributed by atoms with Crippen molar-refractivity contribution in [3.63, 3.8) is 0 Å². The summed E-state index contributed by atoms with van der Waals surface area (Å²) < 4.78 is 31.7. The van der Waals surface area contributed by atoms with Gasteiger partial charge in [-0.05, 0) is 36.8 Å². The van der Waals surface area contributed by atoms with Crippen molar-refractivity contribution < 1.29 is 17.9 Å². The lowest BCUT2D eigenvalue weighted by atomic mass is 10.1. The summed E-state index contributed by atoms with van der Waals surface area (Å²) in [7, 11) is -3.53. The fourth-order valence-electron chi connectivity index (χ4n) is 3.94. The van der Waals surface area contributed by atoms with Crippen LogP contribution >= 0.6 is 11.6 Å². The van der Waals surface area contributed by atoms with Gasteiger partial charge >= 0.3 is 0 Å². The lowest BCUT2D eigenvalue weighted by Gasteiger charge is -2.40. The molecule has 0 radical (unpaired) electrons. The number of carbonyl (C=O) groups excluding carboxylic acids is 1. The molecule has 2 aliphatic rings. The van der Waals surface area contributed by atoms with Gasteiger partial charge in [-0.25, -0.2) is 8.42 Å². The number of carbonyl (C=O) groups is 1.